The monoisotopic (exact) mass is 362 g/mol. The summed E-state index contributed by atoms with van der Waals surface area (Å²) in [5.41, 5.74) is 1.24. The van der Waals surface area contributed by atoms with E-state index in [0.717, 1.165) is 43.6 Å². The van der Waals surface area contributed by atoms with Gasteiger partial charge in [0.05, 0.1) is 5.69 Å². The zero-order valence-electron chi connectivity index (χ0n) is 15.5. The highest BCUT2D eigenvalue weighted by molar-refractivity contribution is 5.21. The molecule has 3 nitrogen and oxygen atoms in total. The summed E-state index contributed by atoms with van der Waals surface area (Å²) in [6.45, 7) is 3.00. The van der Waals surface area contributed by atoms with Gasteiger partial charge in [0.25, 0.3) is 0 Å². The molecule has 1 aliphatic carbocycles. The highest BCUT2D eigenvalue weighted by Gasteiger charge is 2.18. The molecule has 142 valence electrons. The van der Waals surface area contributed by atoms with Crippen LogP contribution in [-0.2, 0) is 19.6 Å². The third-order valence-electron chi connectivity index (χ3n) is 5.12. The molecular weight excluding hydrogens is 334 g/mol. The molecule has 26 heavy (non-hydrogen) atoms. The minimum absolute atomic E-state index is 0.00711. The zero-order chi connectivity index (χ0) is 18.4. The summed E-state index contributed by atoms with van der Waals surface area (Å²) in [4.78, 5) is 0. The van der Waals surface area contributed by atoms with E-state index < -0.39 is 11.6 Å². The maximum Gasteiger partial charge on any atom is 0.212 e. The van der Waals surface area contributed by atoms with Crippen molar-refractivity contribution >= 4 is 0 Å². The molecule has 3 rings (SSSR count). The Hall–Kier alpha value is -1.91. The van der Waals surface area contributed by atoms with Crippen LogP contribution in [0.1, 0.15) is 63.1 Å². The van der Waals surface area contributed by atoms with Gasteiger partial charge < -0.3 is 4.74 Å². The van der Waals surface area contributed by atoms with Crippen molar-refractivity contribution in [3.05, 3.63) is 47.2 Å². The summed E-state index contributed by atoms with van der Waals surface area (Å²) in [5, 5.41) is 4.72. The molecule has 2 aromatic rings. The molecule has 0 radical (unpaired) electrons. The Morgan fingerprint density at radius 3 is 2.73 bits per heavy atom. The lowest BCUT2D eigenvalue weighted by molar-refractivity contribution is 0.242. The van der Waals surface area contributed by atoms with Gasteiger partial charge in [0, 0.05) is 18.2 Å². The first-order valence-electron chi connectivity index (χ1n) is 9.79. The predicted octanol–water partition coefficient (Wildman–Crippen LogP) is 5.66. The Bertz CT molecular complexity index is 708. The van der Waals surface area contributed by atoms with Gasteiger partial charge >= 0.3 is 0 Å². The van der Waals surface area contributed by atoms with Gasteiger partial charge in [-0.3, -0.25) is 0 Å². The second-order valence-corrected chi connectivity index (χ2v) is 7.29. The minimum atomic E-state index is -0.454. The number of ether oxygens (including phenoxy) is 1. The maximum atomic E-state index is 13.8. The quantitative estimate of drug-likeness (QED) is 0.605. The highest BCUT2D eigenvalue weighted by Crippen LogP contribution is 2.27. The van der Waals surface area contributed by atoms with E-state index in [4.69, 9.17) is 9.84 Å². The highest BCUT2D eigenvalue weighted by atomic mass is 19.1. The van der Waals surface area contributed by atoms with Crippen molar-refractivity contribution in [3.8, 4) is 5.88 Å². The fourth-order valence-electron chi connectivity index (χ4n) is 3.60. The van der Waals surface area contributed by atoms with Crippen LogP contribution in [0.4, 0.5) is 8.78 Å². The summed E-state index contributed by atoms with van der Waals surface area (Å²) >= 11 is 0. The molecule has 0 N–H and O–H groups in total. The lowest BCUT2D eigenvalue weighted by atomic mass is 9.89. The average Bonchev–Trinajstić information content (AvgIpc) is 3.03. The van der Waals surface area contributed by atoms with Crippen LogP contribution in [0.5, 0.6) is 5.88 Å². The molecule has 1 heterocycles. The Kier molecular flexibility index (Phi) is 6.64. The van der Waals surface area contributed by atoms with E-state index in [1.807, 2.05) is 10.7 Å². The first kappa shape index (κ1) is 18.9. The van der Waals surface area contributed by atoms with E-state index in [9.17, 15) is 8.78 Å². The van der Waals surface area contributed by atoms with Crippen LogP contribution in [0.15, 0.2) is 24.3 Å². The van der Waals surface area contributed by atoms with Gasteiger partial charge in [-0.25, -0.2) is 13.5 Å². The largest absolute Gasteiger partial charge is 0.473 e. The lowest BCUT2D eigenvalue weighted by Gasteiger charge is -2.22. The molecule has 0 unspecified atom stereocenters. The number of benzene rings is 1. The third kappa shape index (κ3) is 5.05. The number of hydrogen-bond acceptors (Lipinski definition) is 2. The van der Waals surface area contributed by atoms with Crippen molar-refractivity contribution in [3.63, 3.8) is 0 Å². The van der Waals surface area contributed by atoms with Gasteiger partial charge in [-0.15, -0.1) is 0 Å². The van der Waals surface area contributed by atoms with Gasteiger partial charge in [0.15, 0.2) is 0 Å². The van der Waals surface area contributed by atoms with E-state index in [1.54, 1.807) is 0 Å². The molecule has 1 fully saturated rings. The van der Waals surface area contributed by atoms with Gasteiger partial charge in [-0.2, -0.15) is 5.10 Å². The molecule has 5 heteroatoms. The minimum Gasteiger partial charge on any atom is -0.473 e. The number of halogens is 2. The molecule has 0 bridgehead atoms. The average molecular weight is 362 g/mol. The van der Waals surface area contributed by atoms with Crippen molar-refractivity contribution in [1.29, 1.82) is 0 Å². The smallest absolute Gasteiger partial charge is 0.212 e. The number of nitrogens with zero attached hydrogens (tertiary/aromatic N) is 2. The molecule has 1 saturated carbocycles. The van der Waals surface area contributed by atoms with Crippen LogP contribution in [0.2, 0.25) is 0 Å². The van der Waals surface area contributed by atoms with Crippen LogP contribution < -0.4 is 4.74 Å². The SMILES string of the molecule is CCCCc1cc(OCc2cc(F)ccc2F)n(CC2CCCCC2)n1. The predicted molar refractivity (Wildman–Crippen MR) is 98.1 cm³/mol. The molecule has 0 saturated heterocycles. The Labute approximate surface area is 154 Å². The van der Waals surface area contributed by atoms with Crippen LogP contribution in [0, 0.1) is 17.6 Å². The molecule has 0 spiro atoms. The normalized spacial score (nSPS) is 15.3. The van der Waals surface area contributed by atoms with Crippen LogP contribution in [0.3, 0.4) is 0 Å². The number of aryl methyl sites for hydroxylation is 1. The summed E-state index contributed by atoms with van der Waals surface area (Å²) < 4.78 is 35.0. The summed E-state index contributed by atoms with van der Waals surface area (Å²) in [6, 6.07) is 5.40. The van der Waals surface area contributed by atoms with E-state index in [-0.39, 0.29) is 12.2 Å². The number of hydrogen-bond donors (Lipinski definition) is 0. The van der Waals surface area contributed by atoms with Crippen LogP contribution in [-0.4, -0.2) is 9.78 Å². The molecule has 1 aromatic heterocycles. The molecule has 0 amide bonds. The van der Waals surface area contributed by atoms with Crippen molar-refractivity contribution in [1.82, 2.24) is 9.78 Å². The molecule has 0 atom stereocenters. The topological polar surface area (TPSA) is 27.1 Å². The van der Waals surface area contributed by atoms with E-state index >= 15 is 0 Å². The molecular formula is C21H28F2N2O. The van der Waals surface area contributed by atoms with E-state index in [2.05, 4.69) is 6.92 Å². The van der Waals surface area contributed by atoms with Crippen LogP contribution >= 0.6 is 0 Å². The maximum absolute atomic E-state index is 13.8. The van der Waals surface area contributed by atoms with Crippen molar-refractivity contribution in [2.45, 2.75) is 71.4 Å². The van der Waals surface area contributed by atoms with E-state index in [1.165, 1.54) is 38.2 Å². The number of rotatable bonds is 8. The summed E-state index contributed by atoms with van der Waals surface area (Å²) in [7, 11) is 0. The summed E-state index contributed by atoms with van der Waals surface area (Å²) in [6.07, 6.45) is 9.43. The molecule has 1 aromatic carbocycles. The van der Waals surface area contributed by atoms with Crippen molar-refractivity contribution < 1.29 is 13.5 Å². The third-order valence-corrected chi connectivity index (χ3v) is 5.12. The van der Waals surface area contributed by atoms with E-state index in [0.29, 0.717) is 11.8 Å². The van der Waals surface area contributed by atoms with Gasteiger partial charge in [-0.05, 0) is 49.8 Å². The first-order chi connectivity index (χ1) is 12.7. The molecule has 1 aliphatic rings. The fourth-order valence-corrected chi connectivity index (χ4v) is 3.60. The van der Waals surface area contributed by atoms with Crippen molar-refractivity contribution in [2.75, 3.05) is 0 Å². The number of unbranched alkanes of at least 4 members (excludes halogenated alkanes) is 1. The number of aromatic nitrogens is 2. The fraction of sp³-hybridized carbons (Fsp3) is 0.571. The Morgan fingerprint density at radius 2 is 1.96 bits per heavy atom. The molecule has 0 aliphatic heterocycles. The second kappa shape index (κ2) is 9.15. The standard InChI is InChI=1S/C21H28F2N2O/c1-2-3-9-19-13-21(25(24-19)14-16-7-5-4-6-8-16)26-15-17-12-18(22)10-11-20(17)23/h10-13,16H,2-9,14-15H2,1H3. The Morgan fingerprint density at radius 1 is 1.15 bits per heavy atom. The van der Waals surface area contributed by atoms with Gasteiger partial charge in [0.1, 0.15) is 18.2 Å². The van der Waals surface area contributed by atoms with Crippen molar-refractivity contribution in [2.24, 2.45) is 5.92 Å². The summed E-state index contributed by atoms with van der Waals surface area (Å²) in [5.74, 6) is 0.376. The Balaban J connectivity index is 1.72. The van der Waals surface area contributed by atoms with Gasteiger partial charge in [0.2, 0.25) is 5.88 Å². The second-order valence-electron chi connectivity index (χ2n) is 7.29. The van der Waals surface area contributed by atoms with Gasteiger partial charge in [-0.1, -0.05) is 32.6 Å². The first-order valence-corrected chi connectivity index (χ1v) is 9.79. The zero-order valence-corrected chi connectivity index (χ0v) is 15.5. The lowest BCUT2D eigenvalue weighted by Crippen LogP contribution is -2.16. The van der Waals surface area contributed by atoms with Crippen LogP contribution in [0.25, 0.3) is 0 Å².